The monoisotopic (exact) mass is 454 g/mol. The van der Waals surface area contributed by atoms with Gasteiger partial charge in [-0.15, -0.1) is 0 Å². The highest BCUT2D eigenvalue weighted by Crippen LogP contribution is 2.35. The van der Waals surface area contributed by atoms with Crippen LogP contribution in [0.1, 0.15) is 26.7 Å². The van der Waals surface area contributed by atoms with E-state index in [1.54, 1.807) is 50.6 Å². The fourth-order valence-corrected chi connectivity index (χ4v) is 3.34. The minimum atomic E-state index is -0.0907. The van der Waals surface area contributed by atoms with E-state index in [4.69, 9.17) is 26.4 Å². The summed E-state index contributed by atoms with van der Waals surface area (Å²) in [6, 6.07) is 10.7. The van der Waals surface area contributed by atoms with Crippen molar-refractivity contribution in [3.8, 4) is 23.1 Å². The number of rotatable bonds is 8. The van der Waals surface area contributed by atoms with E-state index in [-0.39, 0.29) is 16.9 Å². The van der Waals surface area contributed by atoms with Gasteiger partial charge in [-0.3, -0.25) is 4.79 Å². The zero-order valence-electron chi connectivity index (χ0n) is 18.5. The Morgan fingerprint density at radius 2 is 1.78 bits per heavy atom. The summed E-state index contributed by atoms with van der Waals surface area (Å²) in [7, 11) is 3.14. The molecule has 0 saturated carbocycles. The first-order valence-electron chi connectivity index (χ1n) is 10.2. The van der Waals surface area contributed by atoms with Crippen LogP contribution in [0.4, 0.5) is 5.69 Å². The molecule has 3 rings (SSSR count). The quantitative estimate of drug-likeness (QED) is 0.474. The van der Waals surface area contributed by atoms with Crippen molar-refractivity contribution in [1.29, 1.82) is 0 Å². The average molecular weight is 455 g/mol. The second kappa shape index (κ2) is 10.7. The van der Waals surface area contributed by atoms with Crippen molar-refractivity contribution in [1.82, 2.24) is 15.3 Å². The number of benzene rings is 2. The Bertz CT molecular complexity index is 1110. The number of nitrogens with one attached hydrogen (secondary N) is 2. The first-order valence-corrected chi connectivity index (χ1v) is 10.6. The molecular formula is C23H26N4O4S. The van der Waals surface area contributed by atoms with E-state index < -0.39 is 0 Å². The lowest BCUT2D eigenvalue weighted by Gasteiger charge is -2.14. The van der Waals surface area contributed by atoms with E-state index in [0.717, 1.165) is 18.5 Å². The predicted octanol–water partition coefficient (Wildman–Crippen LogP) is 4.69. The number of nitrogens with zero attached hydrogens (tertiary/aromatic N) is 2. The smallest absolute Gasteiger partial charge is 0.230 e. The summed E-state index contributed by atoms with van der Waals surface area (Å²) in [5.74, 6) is 1.93. The minimum Gasteiger partial charge on any atom is -0.493 e. The molecule has 1 heterocycles. The predicted molar refractivity (Wildman–Crippen MR) is 128 cm³/mol. The number of amides is 1. The summed E-state index contributed by atoms with van der Waals surface area (Å²) in [4.78, 5) is 20.6. The zero-order valence-corrected chi connectivity index (χ0v) is 19.3. The van der Waals surface area contributed by atoms with E-state index in [1.165, 1.54) is 6.33 Å². The minimum absolute atomic E-state index is 0.0863. The third kappa shape index (κ3) is 5.61. The van der Waals surface area contributed by atoms with E-state index in [2.05, 4.69) is 20.6 Å². The van der Waals surface area contributed by atoms with E-state index >= 15 is 0 Å². The lowest BCUT2D eigenvalue weighted by atomic mass is 10.1. The lowest BCUT2D eigenvalue weighted by Crippen LogP contribution is -2.37. The van der Waals surface area contributed by atoms with Gasteiger partial charge in [-0.05, 0) is 49.0 Å². The number of ether oxygens (including phenoxy) is 3. The highest BCUT2D eigenvalue weighted by atomic mass is 32.1. The topological polar surface area (TPSA) is 94.6 Å². The molecule has 0 aliphatic rings. The molecule has 0 spiro atoms. The van der Waals surface area contributed by atoms with Gasteiger partial charge in [-0.2, -0.15) is 0 Å². The Kier molecular flexibility index (Phi) is 7.77. The van der Waals surface area contributed by atoms with Gasteiger partial charge in [0, 0.05) is 17.7 Å². The SMILES string of the molecule is CCCC(C)C(=O)NC(=S)Nc1ccc(Oc2ncnc3cc(OC)c(OC)cc23)cc1. The molecule has 3 aromatic rings. The molecular weight excluding hydrogens is 428 g/mol. The molecule has 0 bridgehead atoms. The van der Waals surface area contributed by atoms with Gasteiger partial charge in [-0.1, -0.05) is 20.3 Å². The lowest BCUT2D eigenvalue weighted by molar-refractivity contribution is -0.123. The number of thiocarbonyl (C=S) groups is 1. The van der Waals surface area contributed by atoms with Crippen LogP contribution in [0.3, 0.4) is 0 Å². The Morgan fingerprint density at radius 1 is 1.09 bits per heavy atom. The number of carbonyl (C=O) groups excluding carboxylic acids is 1. The number of hydrogen-bond acceptors (Lipinski definition) is 7. The van der Waals surface area contributed by atoms with Gasteiger partial charge in [0.1, 0.15) is 12.1 Å². The molecule has 0 radical (unpaired) electrons. The van der Waals surface area contributed by atoms with Crippen LogP contribution in [-0.4, -0.2) is 35.2 Å². The molecule has 1 unspecified atom stereocenters. The second-order valence-corrected chi connectivity index (χ2v) is 7.57. The van der Waals surface area contributed by atoms with Crippen LogP contribution in [0, 0.1) is 5.92 Å². The molecule has 168 valence electrons. The standard InChI is InChI=1S/C23H26N4O4S/c1-5-6-14(2)21(28)27-23(32)26-15-7-9-16(10-8-15)31-22-17-11-19(29-3)20(30-4)12-18(17)24-13-25-22/h7-14H,5-6H2,1-4H3,(H2,26,27,28,32). The molecule has 9 heteroatoms. The Morgan fingerprint density at radius 3 is 2.44 bits per heavy atom. The highest BCUT2D eigenvalue weighted by Gasteiger charge is 2.14. The number of methoxy groups -OCH3 is 2. The largest absolute Gasteiger partial charge is 0.493 e. The number of hydrogen-bond donors (Lipinski definition) is 2. The molecule has 1 atom stereocenters. The van der Waals surface area contributed by atoms with Crippen molar-refractivity contribution < 1.29 is 19.0 Å². The zero-order chi connectivity index (χ0) is 23.1. The fraction of sp³-hybridized carbons (Fsp3) is 0.304. The van der Waals surface area contributed by atoms with Crippen molar-refractivity contribution in [2.75, 3.05) is 19.5 Å². The Balaban J connectivity index is 1.70. The summed E-state index contributed by atoms with van der Waals surface area (Å²) in [5.41, 5.74) is 1.40. The summed E-state index contributed by atoms with van der Waals surface area (Å²) >= 11 is 5.24. The second-order valence-electron chi connectivity index (χ2n) is 7.16. The van der Waals surface area contributed by atoms with Crippen molar-refractivity contribution in [2.45, 2.75) is 26.7 Å². The molecule has 2 N–H and O–H groups in total. The van der Waals surface area contributed by atoms with Crippen LogP contribution < -0.4 is 24.8 Å². The van der Waals surface area contributed by atoms with Crippen molar-refractivity contribution in [3.05, 3.63) is 42.7 Å². The van der Waals surface area contributed by atoms with Crippen molar-refractivity contribution in [2.24, 2.45) is 5.92 Å². The van der Waals surface area contributed by atoms with Crippen LogP contribution in [0.25, 0.3) is 10.9 Å². The molecule has 32 heavy (non-hydrogen) atoms. The van der Waals surface area contributed by atoms with Gasteiger partial charge in [0.25, 0.3) is 0 Å². The third-order valence-electron chi connectivity index (χ3n) is 4.84. The number of carbonyl (C=O) groups is 1. The highest BCUT2D eigenvalue weighted by molar-refractivity contribution is 7.80. The molecule has 1 amide bonds. The average Bonchev–Trinajstić information content (AvgIpc) is 2.79. The summed E-state index contributed by atoms with van der Waals surface area (Å²) in [6.07, 6.45) is 3.19. The van der Waals surface area contributed by atoms with E-state index in [0.29, 0.717) is 34.0 Å². The first kappa shape index (κ1) is 23.2. The van der Waals surface area contributed by atoms with Gasteiger partial charge in [0.15, 0.2) is 16.6 Å². The fourth-order valence-electron chi connectivity index (χ4n) is 3.12. The van der Waals surface area contributed by atoms with Gasteiger partial charge in [0.05, 0.1) is 25.1 Å². The molecule has 0 fully saturated rings. The van der Waals surface area contributed by atoms with Crippen LogP contribution in [0.5, 0.6) is 23.1 Å². The normalized spacial score (nSPS) is 11.5. The molecule has 0 aliphatic heterocycles. The summed E-state index contributed by atoms with van der Waals surface area (Å²) in [6.45, 7) is 3.93. The summed E-state index contributed by atoms with van der Waals surface area (Å²) < 4.78 is 16.7. The molecule has 8 nitrogen and oxygen atoms in total. The maximum absolute atomic E-state index is 12.1. The van der Waals surface area contributed by atoms with Crippen LogP contribution in [-0.2, 0) is 4.79 Å². The number of anilines is 1. The van der Waals surface area contributed by atoms with Gasteiger partial charge >= 0.3 is 0 Å². The molecule has 2 aromatic carbocycles. The summed E-state index contributed by atoms with van der Waals surface area (Å²) in [5, 5.41) is 6.68. The van der Waals surface area contributed by atoms with Gasteiger partial charge in [0.2, 0.25) is 11.8 Å². The maximum Gasteiger partial charge on any atom is 0.230 e. The van der Waals surface area contributed by atoms with Gasteiger partial charge < -0.3 is 24.8 Å². The van der Waals surface area contributed by atoms with Gasteiger partial charge in [-0.25, -0.2) is 9.97 Å². The van der Waals surface area contributed by atoms with Crippen LogP contribution in [0.2, 0.25) is 0 Å². The first-order chi connectivity index (χ1) is 15.4. The molecule has 0 aliphatic carbocycles. The number of fused-ring (bicyclic) bond motifs is 1. The Hall–Kier alpha value is -3.46. The van der Waals surface area contributed by atoms with Crippen molar-refractivity contribution in [3.63, 3.8) is 0 Å². The Labute approximate surface area is 192 Å². The van der Waals surface area contributed by atoms with Crippen LogP contribution >= 0.6 is 12.2 Å². The van der Waals surface area contributed by atoms with Crippen molar-refractivity contribution >= 4 is 39.8 Å². The van der Waals surface area contributed by atoms with Crippen LogP contribution in [0.15, 0.2) is 42.7 Å². The maximum atomic E-state index is 12.1. The number of aromatic nitrogens is 2. The molecule has 1 aromatic heterocycles. The third-order valence-corrected chi connectivity index (χ3v) is 5.04. The van der Waals surface area contributed by atoms with E-state index in [1.807, 2.05) is 13.8 Å². The van der Waals surface area contributed by atoms with E-state index in [9.17, 15) is 4.79 Å². The molecule has 0 saturated heterocycles.